The van der Waals surface area contributed by atoms with Gasteiger partial charge in [-0.2, -0.15) is 0 Å². The lowest BCUT2D eigenvalue weighted by atomic mass is 10.0. The van der Waals surface area contributed by atoms with Gasteiger partial charge in [-0.05, 0) is 34.6 Å². The summed E-state index contributed by atoms with van der Waals surface area (Å²) < 4.78 is 9.34. The summed E-state index contributed by atoms with van der Waals surface area (Å²) in [6.45, 7) is 4.47. The minimum Gasteiger partial charge on any atom is -0.444 e. The maximum atomic E-state index is 11.7. The Bertz CT molecular complexity index is 350. The molecule has 1 amide bonds. The number of amides is 1. The fraction of sp³-hybridized carbons (Fsp3) is 0.750. The van der Waals surface area contributed by atoms with E-state index in [4.69, 9.17) is 10.5 Å². The van der Waals surface area contributed by atoms with Crippen LogP contribution in [0.1, 0.15) is 39.5 Å². The Labute approximate surface area is 127 Å². The van der Waals surface area contributed by atoms with Gasteiger partial charge in [0.2, 0.25) is 0 Å². The Balaban J connectivity index is 2.20. The average molecular weight is 399 g/mol. The molecule has 0 spiro atoms. The van der Waals surface area contributed by atoms with Crippen LogP contribution in [-0.2, 0) is 4.74 Å². The van der Waals surface area contributed by atoms with Crippen LogP contribution in [0.15, 0.2) is 14.3 Å². The van der Waals surface area contributed by atoms with Gasteiger partial charge in [0.25, 0.3) is 0 Å². The number of ether oxygens (including phenoxy) is 1. The van der Waals surface area contributed by atoms with E-state index < -0.39 is 0 Å². The third-order valence-corrected chi connectivity index (χ3v) is 6.76. The van der Waals surface area contributed by atoms with Crippen molar-refractivity contribution >= 4 is 34.7 Å². The van der Waals surface area contributed by atoms with Gasteiger partial charge in [0.05, 0.1) is 24.6 Å². The first-order valence-electron chi connectivity index (χ1n) is 6.54. The lowest BCUT2D eigenvalue weighted by Crippen LogP contribution is -2.36. The second-order valence-corrected chi connectivity index (χ2v) is 8.29. The molecule has 0 radical (unpaired) electrons. The topological polar surface area (TPSA) is 76.7 Å². The van der Waals surface area contributed by atoms with Crippen LogP contribution in [0, 0.1) is 0 Å². The summed E-state index contributed by atoms with van der Waals surface area (Å²) in [6, 6.07) is 0.366. The zero-order valence-corrected chi connectivity index (χ0v) is 14.4. The van der Waals surface area contributed by atoms with E-state index >= 15 is 0 Å². The molecule has 0 aromatic rings. The Morgan fingerprint density at radius 3 is 2.89 bits per heavy atom. The van der Waals surface area contributed by atoms with Crippen molar-refractivity contribution in [2.45, 2.75) is 51.6 Å². The minimum absolute atomic E-state index is 0.143. The summed E-state index contributed by atoms with van der Waals surface area (Å²) in [4.78, 5) is 12.7. The second-order valence-electron chi connectivity index (χ2n) is 4.41. The Morgan fingerprint density at radius 1 is 1.53 bits per heavy atom. The summed E-state index contributed by atoms with van der Waals surface area (Å²) in [5, 5.41) is 2.90. The average Bonchev–Trinajstić information content (AvgIpc) is 2.93. The number of carbonyl (C=O) groups is 1. The first-order chi connectivity index (χ1) is 9.15. The highest BCUT2D eigenvalue weighted by molar-refractivity contribution is 14.2. The van der Waals surface area contributed by atoms with Gasteiger partial charge in [-0.1, -0.05) is 13.8 Å². The van der Waals surface area contributed by atoms with Crippen LogP contribution >= 0.6 is 28.6 Å². The first-order valence-corrected chi connectivity index (χ1v) is 10.9. The Hall–Kier alpha value is -0.150. The Kier molecular flexibility index (Phi) is 8.64. The number of alkyl carbamates (subject to hydrolysis) is 1. The molecule has 1 rings (SSSR count). The lowest BCUT2D eigenvalue weighted by Gasteiger charge is -2.18. The van der Waals surface area contributed by atoms with Gasteiger partial charge in [-0.25, -0.2) is 7.94 Å². The third kappa shape index (κ3) is 7.26. The molecule has 0 aliphatic carbocycles. The van der Waals surface area contributed by atoms with Gasteiger partial charge in [0.1, 0.15) is 6.61 Å². The van der Waals surface area contributed by atoms with Crippen LogP contribution in [0.5, 0.6) is 0 Å². The molecule has 19 heavy (non-hydrogen) atoms. The van der Waals surface area contributed by atoms with Gasteiger partial charge in [0.15, 0.2) is 0 Å². The lowest BCUT2D eigenvalue weighted by molar-refractivity contribution is 0.152. The largest absolute Gasteiger partial charge is 0.444 e. The summed E-state index contributed by atoms with van der Waals surface area (Å²) in [5.74, 6) is 0. The molecule has 0 fully saturated rings. The normalized spacial score (nSPS) is 17.3. The number of rotatable bonds is 8. The van der Waals surface area contributed by atoms with Crippen molar-refractivity contribution < 1.29 is 9.53 Å². The molecule has 7 heteroatoms. The SMILES string of the molecule is CC[C@H](N)CC[C@H](CC)NC(=O)OCC1=CN=IS1. The molecule has 1 aliphatic rings. The predicted octanol–water partition coefficient (Wildman–Crippen LogP) is 3.67. The van der Waals surface area contributed by atoms with Crippen LogP contribution < -0.4 is 11.1 Å². The summed E-state index contributed by atoms with van der Waals surface area (Å²) in [7, 11) is 1.71. The molecule has 5 nitrogen and oxygen atoms in total. The van der Waals surface area contributed by atoms with Crippen molar-refractivity contribution in [1.29, 1.82) is 0 Å². The van der Waals surface area contributed by atoms with Crippen molar-refractivity contribution in [3.8, 4) is 0 Å². The molecule has 0 aromatic carbocycles. The van der Waals surface area contributed by atoms with E-state index in [9.17, 15) is 4.79 Å². The minimum atomic E-state index is -0.344. The van der Waals surface area contributed by atoms with Gasteiger partial charge in [0, 0.05) is 18.3 Å². The standard InChI is InChI=1S/C12H22IN3O2S/c1-3-9(14)5-6-10(4-2)16-12(17)18-8-11-7-15-13-19-11/h7,9-10H,3-6,8,14H2,1-2H3,(H,16,17)/t9-,10-/m0/s1. The maximum absolute atomic E-state index is 11.7. The third-order valence-electron chi connectivity index (χ3n) is 2.94. The Morgan fingerprint density at radius 2 is 2.32 bits per heavy atom. The molecule has 0 unspecified atom stereocenters. The maximum Gasteiger partial charge on any atom is 0.407 e. The predicted molar refractivity (Wildman–Crippen MR) is 88.2 cm³/mol. The van der Waals surface area contributed by atoms with E-state index in [1.807, 2.05) is 6.20 Å². The van der Waals surface area contributed by atoms with Crippen molar-refractivity contribution in [2.75, 3.05) is 6.61 Å². The van der Waals surface area contributed by atoms with E-state index in [2.05, 4.69) is 22.3 Å². The number of halogens is 1. The van der Waals surface area contributed by atoms with Crippen LogP contribution in [0.3, 0.4) is 0 Å². The van der Waals surface area contributed by atoms with Crippen molar-refractivity contribution in [1.82, 2.24) is 5.32 Å². The number of nitrogens with one attached hydrogen (secondary N) is 1. The molecule has 0 saturated heterocycles. The van der Waals surface area contributed by atoms with Crippen LogP contribution in [0.2, 0.25) is 0 Å². The highest BCUT2D eigenvalue weighted by Crippen LogP contribution is 2.37. The molecule has 0 saturated carbocycles. The zero-order chi connectivity index (χ0) is 14.1. The van der Waals surface area contributed by atoms with Crippen LogP contribution in [0.4, 0.5) is 4.79 Å². The first kappa shape index (κ1) is 16.9. The van der Waals surface area contributed by atoms with Gasteiger partial charge < -0.3 is 15.8 Å². The molecule has 1 heterocycles. The van der Waals surface area contributed by atoms with E-state index in [0.29, 0.717) is 6.61 Å². The zero-order valence-electron chi connectivity index (χ0n) is 11.4. The number of hydrogen-bond acceptors (Lipinski definition) is 5. The van der Waals surface area contributed by atoms with Gasteiger partial charge in [-0.3, -0.25) is 0 Å². The van der Waals surface area contributed by atoms with Crippen molar-refractivity contribution in [2.24, 2.45) is 8.88 Å². The quantitative estimate of drug-likeness (QED) is 0.611. The molecular weight excluding hydrogens is 377 g/mol. The van der Waals surface area contributed by atoms with E-state index in [-0.39, 0.29) is 37.8 Å². The van der Waals surface area contributed by atoms with E-state index in [1.165, 1.54) is 0 Å². The van der Waals surface area contributed by atoms with E-state index in [0.717, 1.165) is 30.6 Å². The van der Waals surface area contributed by atoms with E-state index in [1.54, 1.807) is 8.93 Å². The second kappa shape index (κ2) is 9.71. The van der Waals surface area contributed by atoms with Crippen LogP contribution in [-0.4, -0.2) is 24.8 Å². The molecule has 3 N–H and O–H groups in total. The molecule has 1 aliphatic heterocycles. The van der Waals surface area contributed by atoms with Crippen LogP contribution in [0.25, 0.3) is 0 Å². The molecule has 110 valence electrons. The fourth-order valence-electron chi connectivity index (χ4n) is 1.56. The monoisotopic (exact) mass is 399 g/mol. The smallest absolute Gasteiger partial charge is 0.407 e. The molecular formula is C12H22IN3O2S. The highest BCUT2D eigenvalue weighted by atomic mass is 127. The fourth-order valence-corrected chi connectivity index (χ4v) is 4.61. The molecule has 0 aromatic heterocycles. The number of carbonyl (C=O) groups excluding carboxylic acids is 1. The van der Waals surface area contributed by atoms with Crippen molar-refractivity contribution in [3.63, 3.8) is 0 Å². The van der Waals surface area contributed by atoms with Crippen molar-refractivity contribution in [3.05, 3.63) is 11.1 Å². The number of nitrogens with zero attached hydrogens (tertiary/aromatic N) is 1. The number of hydrogen-bond donors (Lipinski definition) is 2. The summed E-state index contributed by atoms with van der Waals surface area (Å²) in [5.41, 5.74) is 5.89. The number of nitrogens with two attached hydrogens (primary N) is 1. The summed E-state index contributed by atoms with van der Waals surface area (Å²) in [6.07, 6.45) is 5.16. The van der Waals surface area contributed by atoms with Gasteiger partial charge >= 0.3 is 6.09 Å². The molecule has 2 atom stereocenters. The molecule has 0 bridgehead atoms. The highest BCUT2D eigenvalue weighted by Gasteiger charge is 2.13. The summed E-state index contributed by atoms with van der Waals surface area (Å²) >= 11 is -0.143. The van der Waals surface area contributed by atoms with Gasteiger partial charge in [-0.15, -0.1) is 0 Å².